The molecule has 1 aromatic carbocycles. The summed E-state index contributed by atoms with van der Waals surface area (Å²) in [4.78, 5) is 8.55. The number of nitrogens with one attached hydrogen (secondary N) is 2. The van der Waals surface area contributed by atoms with Crippen LogP contribution in [0.25, 0.3) is 0 Å². The molecule has 1 heterocycles. The number of nitrogens with zero attached hydrogens (tertiary/aromatic N) is 2. The van der Waals surface area contributed by atoms with Crippen molar-refractivity contribution < 1.29 is 0 Å². The summed E-state index contributed by atoms with van der Waals surface area (Å²) in [5.41, 5.74) is 2.53. The van der Waals surface area contributed by atoms with Gasteiger partial charge in [0.1, 0.15) is 18.0 Å². The third kappa shape index (κ3) is 2.74. The maximum atomic E-state index is 4.29. The van der Waals surface area contributed by atoms with E-state index in [0.29, 0.717) is 6.04 Å². The molecule has 0 unspecified atom stereocenters. The van der Waals surface area contributed by atoms with Crippen LogP contribution < -0.4 is 10.6 Å². The minimum Gasteiger partial charge on any atom is -0.367 e. The third-order valence-corrected chi connectivity index (χ3v) is 3.80. The molecule has 4 heteroatoms. The Kier molecular flexibility index (Phi) is 2.80. The first-order valence-corrected chi connectivity index (χ1v) is 7.32. The molecule has 0 spiro atoms. The van der Waals surface area contributed by atoms with Crippen molar-refractivity contribution in [3.8, 4) is 0 Å². The molecule has 2 aliphatic carbocycles. The monoisotopic (exact) mass is 266 g/mol. The smallest absolute Gasteiger partial charge is 0.135 e. The van der Waals surface area contributed by atoms with E-state index in [-0.39, 0.29) is 0 Å². The van der Waals surface area contributed by atoms with E-state index in [4.69, 9.17) is 0 Å². The summed E-state index contributed by atoms with van der Waals surface area (Å²) >= 11 is 0. The summed E-state index contributed by atoms with van der Waals surface area (Å²) in [6.07, 6.45) is 6.75. The van der Waals surface area contributed by atoms with Crippen LogP contribution in [0.3, 0.4) is 0 Å². The average Bonchev–Trinajstić information content (AvgIpc) is 3.34. The molecule has 4 rings (SSSR count). The topological polar surface area (TPSA) is 49.8 Å². The molecule has 0 bridgehead atoms. The third-order valence-electron chi connectivity index (χ3n) is 3.80. The standard InChI is InChI=1S/C16H18N4/c1-2-12(11-4-5-11)8-14(3-1)20-16-9-15(17-10-18-16)19-13-6-7-13/h1-3,8-11,13H,4-7H2,(H2,17,18,19,20). The Morgan fingerprint density at radius 3 is 2.60 bits per heavy atom. The first kappa shape index (κ1) is 11.7. The lowest BCUT2D eigenvalue weighted by Crippen LogP contribution is -2.04. The second-order valence-electron chi connectivity index (χ2n) is 5.73. The van der Waals surface area contributed by atoms with Crippen molar-refractivity contribution in [3.63, 3.8) is 0 Å². The number of anilines is 3. The predicted octanol–water partition coefficient (Wildman–Crippen LogP) is 3.67. The number of hydrogen-bond acceptors (Lipinski definition) is 4. The van der Waals surface area contributed by atoms with Crippen LogP contribution in [0.2, 0.25) is 0 Å². The molecule has 2 fully saturated rings. The molecule has 0 radical (unpaired) electrons. The molecule has 0 saturated heterocycles. The highest BCUT2D eigenvalue weighted by molar-refractivity contribution is 5.60. The van der Waals surface area contributed by atoms with E-state index in [2.05, 4.69) is 44.9 Å². The molecule has 0 amide bonds. The first-order valence-electron chi connectivity index (χ1n) is 7.32. The van der Waals surface area contributed by atoms with Crippen LogP contribution in [0.1, 0.15) is 37.2 Å². The van der Waals surface area contributed by atoms with E-state index < -0.39 is 0 Å². The fourth-order valence-electron chi connectivity index (χ4n) is 2.38. The number of aromatic nitrogens is 2. The van der Waals surface area contributed by atoms with Crippen LogP contribution in [0.15, 0.2) is 36.7 Å². The van der Waals surface area contributed by atoms with Gasteiger partial charge in [-0.1, -0.05) is 12.1 Å². The number of rotatable bonds is 5. The van der Waals surface area contributed by atoms with Gasteiger partial charge >= 0.3 is 0 Å². The van der Waals surface area contributed by atoms with Crippen molar-refractivity contribution in [1.82, 2.24) is 9.97 Å². The molecule has 0 atom stereocenters. The van der Waals surface area contributed by atoms with Crippen LogP contribution >= 0.6 is 0 Å². The molecule has 102 valence electrons. The minimum absolute atomic E-state index is 0.607. The first-order chi connectivity index (χ1) is 9.87. The average molecular weight is 266 g/mol. The van der Waals surface area contributed by atoms with Crippen LogP contribution in [0.5, 0.6) is 0 Å². The van der Waals surface area contributed by atoms with Crippen LogP contribution in [-0.2, 0) is 0 Å². The fourth-order valence-corrected chi connectivity index (χ4v) is 2.38. The molecule has 4 nitrogen and oxygen atoms in total. The van der Waals surface area contributed by atoms with Crippen molar-refractivity contribution in [1.29, 1.82) is 0 Å². The summed E-state index contributed by atoms with van der Waals surface area (Å²) in [6, 6.07) is 11.2. The normalized spacial score (nSPS) is 17.8. The van der Waals surface area contributed by atoms with Crippen molar-refractivity contribution in [2.75, 3.05) is 10.6 Å². The second kappa shape index (κ2) is 4.78. The van der Waals surface area contributed by atoms with Crippen molar-refractivity contribution in [2.24, 2.45) is 0 Å². The van der Waals surface area contributed by atoms with Gasteiger partial charge in [0.05, 0.1) is 0 Å². The van der Waals surface area contributed by atoms with Gasteiger partial charge in [0, 0.05) is 17.8 Å². The zero-order valence-electron chi connectivity index (χ0n) is 11.3. The van der Waals surface area contributed by atoms with Gasteiger partial charge in [-0.25, -0.2) is 9.97 Å². The van der Waals surface area contributed by atoms with Crippen molar-refractivity contribution >= 4 is 17.3 Å². The molecule has 2 aromatic rings. The van der Waals surface area contributed by atoms with Gasteiger partial charge in [0.2, 0.25) is 0 Å². The summed E-state index contributed by atoms with van der Waals surface area (Å²) < 4.78 is 0. The molecular weight excluding hydrogens is 248 g/mol. The van der Waals surface area contributed by atoms with Crippen molar-refractivity contribution in [2.45, 2.75) is 37.6 Å². The second-order valence-corrected chi connectivity index (χ2v) is 5.73. The Balaban J connectivity index is 1.50. The zero-order chi connectivity index (χ0) is 13.4. The summed E-state index contributed by atoms with van der Waals surface area (Å²) in [5.74, 6) is 2.52. The van der Waals surface area contributed by atoms with E-state index in [9.17, 15) is 0 Å². The Morgan fingerprint density at radius 1 is 0.950 bits per heavy atom. The van der Waals surface area contributed by atoms with Gasteiger partial charge in [-0.3, -0.25) is 0 Å². The Labute approximate surface area is 118 Å². The summed E-state index contributed by atoms with van der Waals surface area (Å²) in [7, 11) is 0. The predicted molar refractivity (Wildman–Crippen MR) is 80.4 cm³/mol. The van der Waals surface area contributed by atoms with E-state index in [0.717, 1.165) is 23.2 Å². The lowest BCUT2D eigenvalue weighted by atomic mass is 10.1. The van der Waals surface area contributed by atoms with Gasteiger partial charge in [0.25, 0.3) is 0 Å². The molecule has 2 aliphatic rings. The fraction of sp³-hybridized carbons (Fsp3) is 0.375. The highest BCUT2D eigenvalue weighted by Gasteiger charge is 2.23. The van der Waals surface area contributed by atoms with Crippen LogP contribution in [0, 0.1) is 0 Å². The Hall–Kier alpha value is -2.10. The lowest BCUT2D eigenvalue weighted by Gasteiger charge is -2.09. The highest BCUT2D eigenvalue weighted by Crippen LogP contribution is 2.40. The highest BCUT2D eigenvalue weighted by atomic mass is 15.1. The largest absolute Gasteiger partial charge is 0.367 e. The van der Waals surface area contributed by atoms with Gasteiger partial charge in [-0.2, -0.15) is 0 Å². The quantitative estimate of drug-likeness (QED) is 0.867. The van der Waals surface area contributed by atoms with Gasteiger partial charge in [-0.05, 0) is 49.3 Å². The van der Waals surface area contributed by atoms with Crippen molar-refractivity contribution in [3.05, 3.63) is 42.2 Å². The molecule has 1 aromatic heterocycles. The van der Waals surface area contributed by atoms with E-state index in [1.165, 1.54) is 31.2 Å². The SMILES string of the molecule is c1cc(Nc2cc(NC3CC3)ncn2)cc(C2CC2)c1. The Morgan fingerprint density at radius 2 is 1.80 bits per heavy atom. The summed E-state index contributed by atoms with van der Waals surface area (Å²) in [5, 5.41) is 6.76. The molecule has 2 N–H and O–H groups in total. The molecule has 20 heavy (non-hydrogen) atoms. The maximum Gasteiger partial charge on any atom is 0.135 e. The molecule has 0 aliphatic heterocycles. The van der Waals surface area contributed by atoms with E-state index in [1.807, 2.05) is 6.07 Å². The minimum atomic E-state index is 0.607. The van der Waals surface area contributed by atoms with Crippen LogP contribution in [0.4, 0.5) is 17.3 Å². The van der Waals surface area contributed by atoms with Gasteiger partial charge in [0.15, 0.2) is 0 Å². The van der Waals surface area contributed by atoms with Gasteiger partial charge < -0.3 is 10.6 Å². The number of benzene rings is 1. The van der Waals surface area contributed by atoms with Crippen LogP contribution in [-0.4, -0.2) is 16.0 Å². The molecule has 2 saturated carbocycles. The maximum absolute atomic E-state index is 4.29. The lowest BCUT2D eigenvalue weighted by molar-refractivity contribution is 1.08. The Bertz CT molecular complexity index is 617. The number of hydrogen-bond donors (Lipinski definition) is 2. The van der Waals surface area contributed by atoms with Gasteiger partial charge in [-0.15, -0.1) is 0 Å². The van der Waals surface area contributed by atoms with E-state index >= 15 is 0 Å². The van der Waals surface area contributed by atoms with E-state index in [1.54, 1.807) is 6.33 Å². The zero-order valence-corrected chi connectivity index (χ0v) is 11.3. The summed E-state index contributed by atoms with van der Waals surface area (Å²) in [6.45, 7) is 0. The molecular formula is C16H18N4.